The highest BCUT2D eigenvalue weighted by Crippen LogP contribution is 1.87. The highest BCUT2D eigenvalue weighted by Gasteiger charge is 2.01. The van der Waals surface area contributed by atoms with E-state index in [1.54, 1.807) is 22.9 Å². The number of H-pyrrole nitrogens is 1. The zero-order chi connectivity index (χ0) is 8.43. The van der Waals surface area contributed by atoms with Crippen LogP contribution in [0.25, 0.3) is 0 Å². The molecule has 0 aliphatic carbocycles. The summed E-state index contributed by atoms with van der Waals surface area (Å²) >= 11 is 1.68. The Hall–Kier alpha value is -0.590. The van der Waals surface area contributed by atoms with Crippen LogP contribution in [0.5, 0.6) is 0 Å². The second-order valence-corrected chi connectivity index (χ2v) is 3.02. The fourth-order valence-electron chi connectivity index (χ4n) is 0.739. The van der Waals surface area contributed by atoms with E-state index in [-0.39, 0.29) is 11.2 Å². The van der Waals surface area contributed by atoms with Crippen molar-refractivity contribution in [2.75, 3.05) is 0 Å². The SMILES string of the molecule is CCc1c[nH]c(=O)n(I)c1=O. The van der Waals surface area contributed by atoms with Crippen LogP contribution in [-0.2, 0) is 6.42 Å². The van der Waals surface area contributed by atoms with E-state index in [0.717, 1.165) is 2.78 Å². The lowest BCUT2D eigenvalue weighted by Crippen LogP contribution is -2.30. The van der Waals surface area contributed by atoms with Crippen molar-refractivity contribution in [2.24, 2.45) is 0 Å². The highest BCUT2D eigenvalue weighted by atomic mass is 127. The number of hydrogen-bond acceptors (Lipinski definition) is 2. The van der Waals surface area contributed by atoms with Gasteiger partial charge in [-0.15, -0.1) is 0 Å². The molecule has 1 rings (SSSR count). The first-order chi connectivity index (χ1) is 5.16. The monoisotopic (exact) mass is 266 g/mol. The number of hydrogen-bond donors (Lipinski definition) is 1. The molecule has 0 unspecified atom stereocenters. The third kappa shape index (κ3) is 1.52. The van der Waals surface area contributed by atoms with Crippen LogP contribution in [0.15, 0.2) is 15.8 Å². The predicted molar refractivity (Wildman–Crippen MR) is 50.1 cm³/mol. The average Bonchev–Trinajstić information content (AvgIpc) is 2.01. The van der Waals surface area contributed by atoms with E-state index in [1.807, 2.05) is 6.92 Å². The van der Waals surface area contributed by atoms with E-state index in [0.29, 0.717) is 12.0 Å². The maximum absolute atomic E-state index is 11.2. The summed E-state index contributed by atoms with van der Waals surface area (Å²) in [6, 6.07) is 0. The van der Waals surface area contributed by atoms with Gasteiger partial charge in [-0.05, 0) is 6.42 Å². The fraction of sp³-hybridized carbons (Fsp3) is 0.333. The van der Waals surface area contributed by atoms with Crippen molar-refractivity contribution in [1.82, 2.24) is 7.76 Å². The van der Waals surface area contributed by atoms with Gasteiger partial charge in [-0.1, -0.05) is 6.92 Å². The molecule has 0 aromatic carbocycles. The Morgan fingerprint density at radius 3 is 2.82 bits per heavy atom. The van der Waals surface area contributed by atoms with Gasteiger partial charge in [-0.2, -0.15) is 2.78 Å². The Balaban J connectivity index is 3.50. The van der Waals surface area contributed by atoms with Crippen molar-refractivity contribution in [3.63, 3.8) is 0 Å². The fourth-order valence-corrected chi connectivity index (χ4v) is 1.19. The first kappa shape index (κ1) is 8.51. The second kappa shape index (κ2) is 3.21. The van der Waals surface area contributed by atoms with Crippen LogP contribution in [0.1, 0.15) is 12.5 Å². The van der Waals surface area contributed by atoms with E-state index >= 15 is 0 Å². The van der Waals surface area contributed by atoms with Crippen LogP contribution in [0.3, 0.4) is 0 Å². The smallest absolute Gasteiger partial charge is 0.313 e. The summed E-state index contributed by atoms with van der Waals surface area (Å²) in [5, 5.41) is 0. The lowest BCUT2D eigenvalue weighted by atomic mass is 10.3. The Bertz CT molecular complexity index is 366. The van der Waals surface area contributed by atoms with Crippen LogP contribution >= 0.6 is 22.9 Å². The molecule has 1 aromatic rings. The molecule has 0 aliphatic heterocycles. The highest BCUT2D eigenvalue weighted by molar-refractivity contribution is 14.1. The molecule has 11 heavy (non-hydrogen) atoms. The lowest BCUT2D eigenvalue weighted by Gasteiger charge is -1.95. The Labute approximate surface area is 76.8 Å². The van der Waals surface area contributed by atoms with Crippen molar-refractivity contribution in [1.29, 1.82) is 0 Å². The molecule has 1 N–H and O–H groups in total. The van der Waals surface area contributed by atoms with E-state index in [1.165, 1.54) is 6.20 Å². The van der Waals surface area contributed by atoms with Crippen LogP contribution in [-0.4, -0.2) is 7.76 Å². The molecule has 0 atom stereocenters. The Morgan fingerprint density at radius 2 is 2.27 bits per heavy atom. The maximum Gasteiger partial charge on any atom is 0.337 e. The number of nitrogens with zero attached hydrogens (tertiary/aromatic N) is 1. The minimum Gasteiger partial charge on any atom is -0.313 e. The van der Waals surface area contributed by atoms with Crippen molar-refractivity contribution in [3.8, 4) is 0 Å². The van der Waals surface area contributed by atoms with Gasteiger partial charge in [-0.25, -0.2) is 4.79 Å². The van der Waals surface area contributed by atoms with Gasteiger partial charge in [0.1, 0.15) is 0 Å². The molecular formula is C6H7IN2O2. The normalized spacial score (nSPS) is 10.0. The van der Waals surface area contributed by atoms with Crippen molar-refractivity contribution in [2.45, 2.75) is 13.3 Å². The Kier molecular flexibility index (Phi) is 2.48. The summed E-state index contributed by atoms with van der Waals surface area (Å²) < 4.78 is 1.04. The number of aryl methyl sites for hydroxylation is 1. The van der Waals surface area contributed by atoms with E-state index in [2.05, 4.69) is 4.98 Å². The summed E-state index contributed by atoms with van der Waals surface area (Å²) in [6.45, 7) is 1.87. The molecule has 0 spiro atoms. The molecule has 0 saturated carbocycles. The lowest BCUT2D eigenvalue weighted by molar-refractivity contribution is 0.944. The van der Waals surface area contributed by atoms with E-state index in [9.17, 15) is 9.59 Å². The van der Waals surface area contributed by atoms with Gasteiger partial charge in [0.2, 0.25) is 0 Å². The number of aromatic nitrogens is 2. The van der Waals surface area contributed by atoms with E-state index in [4.69, 9.17) is 0 Å². The quantitative estimate of drug-likeness (QED) is 0.743. The van der Waals surface area contributed by atoms with Crippen molar-refractivity contribution in [3.05, 3.63) is 32.6 Å². The standard InChI is InChI=1S/C6H7IN2O2/c1-2-4-3-8-6(11)9(7)5(4)10/h3H,2H2,1H3,(H,8,11). The number of halogens is 1. The van der Waals surface area contributed by atoms with Gasteiger partial charge in [0.25, 0.3) is 5.56 Å². The van der Waals surface area contributed by atoms with E-state index < -0.39 is 0 Å². The molecule has 0 saturated heterocycles. The molecule has 1 aromatic heterocycles. The van der Waals surface area contributed by atoms with Crippen molar-refractivity contribution >= 4 is 22.9 Å². The van der Waals surface area contributed by atoms with Crippen LogP contribution < -0.4 is 11.2 Å². The van der Waals surface area contributed by atoms with Gasteiger partial charge >= 0.3 is 5.69 Å². The first-order valence-electron chi connectivity index (χ1n) is 3.16. The molecule has 60 valence electrons. The minimum absolute atomic E-state index is 0.225. The largest absolute Gasteiger partial charge is 0.337 e. The summed E-state index contributed by atoms with van der Waals surface area (Å²) in [7, 11) is 0. The zero-order valence-corrected chi connectivity index (χ0v) is 8.08. The molecule has 0 fully saturated rings. The van der Waals surface area contributed by atoms with Crippen LogP contribution in [0.2, 0.25) is 0 Å². The van der Waals surface area contributed by atoms with Gasteiger partial charge in [0, 0.05) is 11.8 Å². The maximum atomic E-state index is 11.2. The minimum atomic E-state index is -0.382. The average molecular weight is 266 g/mol. The predicted octanol–water partition coefficient (Wildman–Crippen LogP) is 0.297. The second-order valence-electron chi connectivity index (χ2n) is 2.06. The van der Waals surface area contributed by atoms with Crippen molar-refractivity contribution < 1.29 is 0 Å². The summed E-state index contributed by atoms with van der Waals surface area (Å²) in [5.74, 6) is 0. The molecule has 0 radical (unpaired) electrons. The topological polar surface area (TPSA) is 54.9 Å². The molecule has 5 heteroatoms. The number of rotatable bonds is 1. The molecule has 0 bridgehead atoms. The van der Waals surface area contributed by atoms with Gasteiger partial charge in [-0.3, -0.25) is 4.79 Å². The molecule has 0 amide bonds. The van der Waals surface area contributed by atoms with Gasteiger partial charge < -0.3 is 4.98 Å². The Morgan fingerprint density at radius 1 is 1.64 bits per heavy atom. The summed E-state index contributed by atoms with van der Waals surface area (Å²) in [5.41, 5.74) is 0.0173. The number of aromatic amines is 1. The van der Waals surface area contributed by atoms with Crippen LogP contribution in [0, 0.1) is 0 Å². The molecule has 1 heterocycles. The molecule has 4 nitrogen and oxygen atoms in total. The molecular weight excluding hydrogens is 259 g/mol. The first-order valence-corrected chi connectivity index (χ1v) is 4.13. The third-order valence-corrected chi connectivity index (χ3v) is 2.26. The molecule has 0 aliphatic rings. The third-order valence-electron chi connectivity index (χ3n) is 1.38. The number of nitrogens with one attached hydrogen (secondary N) is 1. The summed E-state index contributed by atoms with van der Waals surface area (Å²) in [4.78, 5) is 24.4. The summed E-state index contributed by atoms with van der Waals surface area (Å²) in [6.07, 6.45) is 2.10. The zero-order valence-electron chi connectivity index (χ0n) is 5.93. The van der Waals surface area contributed by atoms with Crippen LogP contribution in [0.4, 0.5) is 0 Å². The van der Waals surface area contributed by atoms with Gasteiger partial charge in [0.15, 0.2) is 0 Å². The van der Waals surface area contributed by atoms with Gasteiger partial charge in [0.05, 0.1) is 22.9 Å².